The van der Waals surface area contributed by atoms with Crippen LogP contribution in [-0.2, 0) is 0 Å². The van der Waals surface area contributed by atoms with Crippen molar-refractivity contribution >= 4 is 11.7 Å². The van der Waals surface area contributed by atoms with Gasteiger partial charge in [0.05, 0.1) is 5.69 Å². The summed E-state index contributed by atoms with van der Waals surface area (Å²) in [6.07, 6.45) is 3.68. The van der Waals surface area contributed by atoms with E-state index in [0.29, 0.717) is 5.69 Å². The third kappa shape index (κ3) is 1.79. The van der Waals surface area contributed by atoms with Gasteiger partial charge in [0.1, 0.15) is 5.69 Å². The van der Waals surface area contributed by atoms with Gasteiger partial charge in [0, 0.05) is 24.3 Å². The number of carboxylic acid groups (broad SMARTS) is 1. The Morgan fingerprint density at radius 1 is 1.25 bits per heavy atom. The number of piperidine rings is 1. The van der Waals surface area contributed by atoms with E-state index in [4.69, 9.17) is 5.11 Å². The maximum atomic E-state index is 11.0. The molecule has 0 aromatic carbocycles. The minimum atomic E-state index is -0.871. The normalized spacial score (nSPS) is 16.5. The predicted octanol–water partition coefficient (Wildman–Crippen LogP) is 2.32. The molecule has 0 spiro atoms. The Hall–Kier alpha value is -1.45. The molecule has 16 heavy (non-hydrogen) atoms. The van der Waals surface area contributed by atoms with Gasteiger partial charge in [-0.3, -0.25) is 0 Å². The molecule has 0 radical (unpaired) electrons. The maximum Gasteiger partial charge on any atom is 0.352 e. The third-order valence-corrected chi connectivity index (χ3v) is 3.28. The molecule has 2 rings (SSSR count). The van der Waals surface area contributed by atoms with Crippen molar-refractivity contribution in [3.8, 4) is 0 Å². The van der Waals surface area contributed by atoms with Crippen LogP contribution in [0.15, 0.2) is 0 Å². The highest BCUT2D eigenvalue weighted by Gasteiger charge is 2.21. The van der Waals surface area contributed by atoms with Crippen LogP contribution in [0.3, 0.4) is 0 Å². The summed E-state index contributed by atoms with van der Waals surface area (Å²) in [7, 11) is 0. The Kier molecular flexibility index (Phi) is 2.90. The lowest BCUT2D eigenvalue weighted by Crippen LogP contribution is -2.30. The molecule has 1 aromatic rings. The summed E-state index contributed by atoms with van der Waals surface area (Å²) in [4.78, 5) is 16.3. The molecule has 0 bridgehead atoms. The van der Waals surface area contributed by atoms with Crippen LogP contribution in [0.1, 0.15) is 41.0 Å². The fraction of sp³-hybridized carbons (Fsp3) is 0.583. The Morgan fingerprint density at radius 3 is 2.38 bits per heavy atom. The number of aromatic amines is 1. The largest absolute Gasteiger partial charge is 0.477 e. The lowest BCUT2D eigenvalue weighted by molar-refractivity contribution is 0.0690. The topological polar surface area (TPSA) is 56.3 Å². The van der Waals surface area contributed by atoms with Gasteiger partial charge in [-0.2, -0.15) is 0 Å². The van der Waals surface area contributed by atoms with Crippen LogP contribution in [0.2, 0.25) is 0 Å². The van der Waals surface area contributed by atoms with Gasteiger partial charge in [-0.05, 0) is 33.1 Å². The first-order valence-corrected chi connectivity index (χ1v) is 5.78. The second-order valence-corrected chi connectivity index (χ2v) is 4.45. The van der Waals surface area contributed by atoms with E-state index in [1.165, 1.54) is 19.3 Å². The molecular weight excluding hydrogens is 204 g/mol. The fourth-order valence-corrected chi connectivity index (χ4v) is 2.55. The van der Waals surface area contributed by atoms with E-state index in [9.17, 15) is 4.79 Å². The van der Waals surface area contributed by atoms with E-state index in [1.54, 1.807) is 0 Å². The molecule has 88 valence electrons. The molecule has 1 aliphatic rings. The van der Waals surface area contributed by atoms with E-state index in [-0.39, 0.29) is 0 Å². The molecule has 4 nitrogen and oxygen atoms in total. The predicted molar refractivity (Wildman–Crippen MR) is 63.3 cm³/mol. The van der Waals surface area contributed by atoms with Crippen LogP contribution in [0, 0.1) is 13.8 Å². The second-order valence-electron chi connectivity index (χ2n) is 4.45. The smallest absolute Gasteiger partial charge is 0.352 e. The van der Waals surface area contributed by atoms with Crippen molar-refractivity contribution in [1.82, 2.24) is 4.98 Å². The first-order chi connectivity index (χ1) is 7.61. The lowest BCUT2D eigenvalue weighted by Gasteiger charge is -2.29. The number of anilines is 1. The van der Waals surface area contributed by atoms with Gasteiger partial charge in [0.2, 0.25) is 0 Å². The second kappa shape index (κ2) is 4.20. The molecule has 0 unspecified atom stereocenters. The monoisotopic (exact) mass is 222 g/mol. The van der Waals surface area contributed by atoms with Crippen LogP contribution >= 0.6 is 0 Å². The molecule has 2 N–H and O–H groups in total. The van der Waals surface area contributed by atoms with E-state index < -0.39 is 5.97 Å². The number of carboxylic acids is 1. The summed E-state index contributed by atoms with van der Waals surface area (Å²) in [6, 6.07) is 0. The zero-order valence-electron chi connectivity index (χ0n) is 9.84. The fourth-order valence-electron chi connectivity index (χ4n) is 2.55. The minimum Gasteiger partial charge on any atom is -0.477 e. The summed E-state index contributed by atoms with van der Waals surface area (Å²) in [6.45, 7) is 5.91. The first-order valence-electron chi connectivity index (χ1n) is 5.78. The van der Waals surface area contributed by atoms with Gasteiger partial charge in [-0.15, -0.1) is 0 Å². The maximum absolute atomic E-state index is 11.0. The molecule has 0 atom stereocenters. The molecule has 1 saturated heterocycles. The summed E-state index contributed by atoms with van der Waals surface area (Å²) in [5.74, 6) is -0.871. The number of aromatic nitrogens is 1. The number of aromatic carboxylic acids is 1. The molecule has 0 amide bonds. The van der Waals surface area contributed by atoms with E-state index in [0.717, 1.165) is 30.0 Å². The standard InChI is InChI=1S/C12H18N2O2/c1-8-10(12(15)16)13-9(2)11(8)14-6-4-3-5-7-14/h13H,3-7H2,1-2H3,(H,15,16). The Morgan fingerprint density at radius 2 is 1.88 bits per heavy atom. The number of carbonyl (C=O) groups is 1. The Labute approximate surface area is 95.3 Å². The number of aryl methyl sites for hydroxylation is 1. The quantitative estimate of drug-likeness (QED) is 0.807. The Balaban J connectivity index is 2.36. The van der Waals surface area contributed by atoms with Crippen LogP contribution < -0.4 is 4.90 Å². The third-order valence-electron chi connectivity index (χ3n) is 3.28. The zero-order valence-corrected chi connectivity index (χ0v) is 9.84. The lowest BCUT2D eigenvalue weighted by atomic mass is 10.1. The van der Waals surface area contributed by atoms with Gasteiger partial charge in [0.15, 0.2) is 0 Å². The van der Waals surface area contributed by atoms with E-state index in [2.05, 4.69) is 9.88 Å². The molecular formula is C12H18N2O2. The van der Waals surface area contributed by atoms with E-state index in [1.807, 2.05) is 13.8 Å². The van der Waals surface area contributed by atoms with Crippen molar-refractivity contribution in [3.63, 3.8) is 0 Å². The average Bonchev–Trinajstić information content (AvgIpc) is 2.56. The van der Waals surface area contributed by atoms with Crippen LogP contribution in [-0.4, -0.2) is 29.1 Å². The zero-order chi connectivity index (χ0) is 11.7. The van der Waals surface area contributed by atoms with E-state index >= 15 is 0 Å². The highest BCUT2D eigenvalue weighted by Crippen LogP contribution is 2.29. The number of nitrogens with one attached hydrogen (secondary N) is 1. The van der Waals surface area contributed by atoms with Gasteiger partial charge < -0.3 is 15.0 Å². The minimum absolute atomic E-state index is 0.332. The highest BCUT2D eigenvalue weighted by atomic mass is 16.4. The summed E-state index contributed by atoms with van der Waals surface area (Å²) < 4.78 is 0. The first kappa shape index (κ1) is 11.0. The van der Waals surface area contributed by atoms with Crippen molar-refractivity contribution in [3.05, 3.63) is 17.0 Å². The SMILES string of the molecule is Cc1[nH]c(C(=O)O)c(C)c1N1CCCCC1. The van der Waals surface area contributed by atoms with Crippen molar-refractivity contribution in [1.29, 1.82) is 0 Å². The van der Waals surface area contributed by atoms with Crippen molar-refractivity contribution in [2.75, 3.05) is 18.0 Å². The number of hydrogen-bond acceptors (Lipinski definition) is 2. The number of hydrogen-bond donors (Lipinski definition) is 2. The van der Waals surface area contributed by atoms with Crippen molar-refractivity contribution in [2.45, 2.75) is 33.1 Å². The summed E-state index contributed by atoms with van der Waals surface area (Å²) >= 11 is 0. The number of nitrogens with zero attached hydrogens (tertiary/aromatic N) is 1. The van der Waals surface area contributed by atoms with Gasteiger partial charge in [-0.25, -0.2) is 4.79 Å². The van der Waals surface area contributed by atoms with Crippen LogP contribution in [0.25, 0.3) is 0 Å². The average molecular weight is 222 g/mol. The number of rotatable bonds is 2. The molecule has 1 aliphatic heterocycles. The molecule has 1 aromatic heterocycles. The summed E-state index contributed by atoms with van der Waals surface area (Å²) in [5, 5.41) is 9.05. The van der Waals surface area contributed by atoms with Crippen LogP contribution in [0.5, 0.6) is 0 Å². The van der Waals surface area contributed by atoms with Gasteiger partial charge in [0.25, 0.3) is 0 Å². The van der Waals surface area contributed by atoms with Crippen LogP contribution in [0.4, 0.5) is 5.69 Å². The van der Waals surface area contributed by atoms with Gasteiger partial charge >= 0.3 is 5.97 Å². The molecule has 4 heteroatoms. The molecule has 0 saturated carbocycles. The molecule has 2 heterocycles. The highest BCUT2D eigenvalue weighted by molar-refractivity contribution is 5.90. The van der Waals surface area contributed by atoms with Crippen molar-refractivity contribution < 1.29 is 9.90 Å². The molecule has 1 fully saturated rings. The van der Waals surface area contributed by atoms with Gasteiger partial charge in [-0.1, -0.05) is 0 Å². The summed E-state index contributed by atoms with van der Waals surface area (Å²) in [5.41, 5.74) is 3.26. The number of H-pyrrole nitrogens is 1. The van der Waals surface area contributed by atoms with Crippen molar-refractivity contribution in [2.24, 2.45) is 0 Å². The molecule has 0 aliphatic carbocycles. The Bertz CT molecular complexity index is 403.